The second kappa shape index (κ2) is 22.7. The molecule has 1 saturated carbocycles. The van der Waals surface area contributed by atoms with E-state index in [2.05, 4.69) is 194 Å². The molecule has 0 unspecified atom stereocenters. The molecule has 1 fully saturated rings. The largest absolute Gasteiger partial charge is 2.00 e. The SMILES string of the molecule is F[B-](F)(F)F.N[C@H]1CCCC[C@@H]1N.[Cl-].[Ru+2].c1ccc(P(c2ccccc2)c2ccc3ccccc3c2-c2c(P(c3ccccc3)c3ccccc3)ccc3ccccc23)cc1. The predicted molar refractivity (Wildman–Crippen MR) is 249 cm³/mol. The minimum absolute atomic E-state index is 0. The zero-order chi connectivity index (χ0) is 41.2. The molecule has 2 atom stereocenters. The first-order valence-electron chi connectivity index (χ1n) is 19.9. The minimum atomic E-state index is -6.00. The van der Waals surface area contributed by atoms with Crippen LogP contribution in [-0.4, -0.2) is 19.3 Å². The Morgan fingerprint density at radius 3 is 0.934 bits per heavy atom. The number of benzene rings is 8. The summed E-state index contributed by atoms with van der Waals surface area (Å²) in [6, 6.07) is 72.4. The third kappa shape index (κ3) is 12.2. The number of nitrogens with two attached hydrogens (primary N) is 2. The van der Waals surface area contributed by atoms with E-state index >= 15 is 0 Å². The Morgan fingerprint density at radius 1 is 0.393 bits per heavy atom. The average molecular weight is 960 g/mol. The van der Waals surface area contributed by atoms with Crippen LogP contribution in [0.3, 0.4) is 0 Å². The molecule has 8 aromatic rings. The van der Waals surface area contributed by atoms with E-state index in [1.807, 2.05) is 0 Å². The summed E-state index contributed by atoms with van der Waals surface area (Å²) in [5, 5.41) is 13.3. The van der Waals surface area contributed by atoms with Gasteiger partial charge >= 0.3 is 26.7 Å². The van der Waals surface area contributed by atoms with Crippen LogP contribution in [-0.2, 0) is 19.5 Å². The Hall–Kier alpha value is -4.24. The molecule has 8 aromatic carbocycles. The third-order valence-corrected chi connectivity index (χ3v) is 15.4. The third-order valence-electron chi connectivity index (χ3n) is 10.5. The zero-order valence-corrected chi connectivity index (χ0v) is 37.6. The van der Waals surface area contributed by atoms with E-state index in [9.17, 15) is 17.3 Å². The van der Waals surface area contributed by atoms with Gasteiger partial charge in [-0.3, -0.25) is 0 Å². The number of halogens is 5. The van der Waals surface area contributed by atoms with Crippen molar-refractivity contribution in [2.75, 3.05) is 0 Å². The molecule has 0 radical (unpaired) electrons. The van der Waals surface area contributed by atoms with Gasteiger partial charge in [0.2, 0.25) is 0 Å². The molecule has 312 valence electrons. The van der Waals surface area contributed by atoms with Crippen molar-refractivity contribution >= 4 is 76.5 Å². The standard InChI is InChI=1S/C44H32P2.C6H14N2.BF4.ClH.Ru/c1-5-19-35(20-6-1)45(36-21-7-2-8-22-36)41-31-29-33-17-13-15-27-39(33)43(41)44-40-28-16-14-18-34(40)30-32-42(44)46(37-23-9-3-10-24-37)38-25-11-4-12-26-38;7-5-3-1-2-4-6(5)8;2-1(3,4)5;;/h1-32H;5-6H,1-4,7-8H2;;1H;/q;;-1;;+2/p-1/t;5-,6-;;;/m.0.../s1. The van der Waals surface area contributed by atoms with Gasteiger partial charge in [0, 0.05) is 12.1 Å². The first-order chi connectivity index (χ1) is 28.7. The molecule has 9 rings (SSSR count). The molecule has 61 heavy (non-hydrogen) atoms. The van der Waals surface area contributed by atoms with E-state index in [-0.39, 0.29) is 44.0 Å². The topological polar surface area (TPSA) is 52.0 Å². The van der Waals surface area contributed by atoms with Crippen LogP contribution >= 0.6 is 15.8 Å². The maximum absolute atomic E-state index is 9.75. The van der Waals surface area contributed by atoms with Crippen LogP contribution in [0.25, 0.3) is 32.7 Å². The van der Waals surface area contributed by atoms with Gasteiger partial charge in [-0.15, -0.1) is 0 Å². The van der Waals surface area contributed by atoms with Crippen LogP contribution in [0, 0.1) is 0 Å². The van der Waals surface area contributed by atoms with Crippen LogP contribution in [0.15, 0.2) is 194 Å². The Bertz CT molecular complexity index is 2320. The van der Waals surface area contributed by atoms with E-state index in [0.29, 0.717) is 0 Å². The fraction of sp³-hybridized carbons (Fsp3) is 0.120. The van der Waals surface area contributed by atoms with Crippen molar-refractivity contribution in [2.24, 2.45) is 11.5 Å². The van der Waals surface area contributed by atoms with Gasteiger partial charge < -0.3 is 41.1 Å². The summed E-state index contributed by atoms with van der Waals surface area (Å²) in [5.41, 5.74) is 14.0. The molecule has 0 heterocycles. The Morgan fingerprint density at radius 2 is 0.656 bits per heavy atom. The zero-order valence-electron chi connectivity index (χ0n) is 33.3. The van der Waals surface area contributed by atoms with E-state index in [1.165, 1.54) is 77.3 Å². The van der Waals surface area contributed by atoms with Crippen LogP contribution in [0.2, 0.25) is 0 Å². The molecule has 1 aliphatic carbocycles. The smallest absolute Gasteiger partial charge is 1.00 e. The molecule has 0 amide bonds. The molecule has 4 N–H and O–H groups in total. The summed E-state index contributed by atoms with van der Waals surface area (Å²) in [6.07, 6.45) is 4.80. The Kier molecular flexibility index (Phi) is 17.8. The van der Waals surface area contributed by atoms with Gasteiger partial charge in [0.05, 0.1) is 0 Å². The van der Waals surface area contributed by atoms with Gasteiger partial charge in [0.15, 0.2) is 0 Å². The van der Waals surface area contributed by atoms with Crippen molar-refractivity contribution in [1.29, 1.82) is 0 Å². The van der Waals surface area contributed by atoms with Gasteiger partial charge in [-0.2, -0.15) is 0 Å². The molecule has 0 spiro atoms. The Labute approximate surface area is 378 Å². The van der Waals surface area contributed by atoms with Crippen LogP contribution in [0.1, 0.15) is 25.7 Å². The quantitative estimate of drug-likeness (QED) is 0.0979. The second-order valence-corrected chi connectivity index (χ2v) is 18.9. The first-order valence-corrected chi connectivity index (χ1v) is 22.6. The maximum atomic E-state index is 9.75. The predicted octanol–water partition coefficient (Wildman–Crippen LogP) is 7.69. The number of hydrogen-bond donors (Lipinski definition) is 2. The van der Waals surface area contributed by atoms with Crippen molar-refractivity contribution in [3.63, 3.8) is 0 Å². The monoisotopic (exact) mass is 960 g/mol. The fourth-order valence-electron chi connectivity index (χ4n) is 7.77. The van der Waals surface area contributed by atoms with Crippen molar-refractivity contribution < 1.29 is 49.1 Å². The molecule has 2 nitrogen and oxygen atoms in total. The van der Waals surface area contributed by atoms with Gasteiger partial charge in [0.25, 0.3) is 0 Å². The number of hydrogen-bond acceptors (Lipinski definition) is 2. The number of fused-ring (bicyclic) bond motifs is 2. The summed E-state index contributed by atoms with van der Waals surface area (Å²) >= 11 is 0. The minimum Gasteiger partial charge on any atom is -1.00 e. The van der Waals surface area contributed by atoms with Crippen molar-refractivity contribution in [1.82, 2.24) is 0 Å². The molecule has 1 aliphatic rings. The molecule has 0 aliphatic heterocycles. The normalized spacial score (nSPS) is 14.8. The second-order valence-electron chi connectivity index (χ2n) is 14.5. The Balaban J connectivity index is 0.000000407. The van der Waals surface area contributed by atoms with E-state index in [1.54, 1.807) is 0 Å². The van der Waals surface area contributed by atoms with Gasteiger partial charge in [-0.1, -0.05) is 207 Å². The molecule has 0 bridgehead atoms. The first kappa shape index (κ1) is 47.8. The molecular weight excluding hydrogens is 914 g/mol. The summed E-state index contributed by atoms with van der Waals surface area (Å²) in [5.74, 6) is 0. The van der Waals surface area contributed by atoms with Gasteiger partial charge in [-0.25, -0.2) is 0 Å². The summed E-state index contributed by atoms with van der Waals surface area (Å²) in [7, 11) is -7.70. The molecular formula is C50H46BClF4N2P2Ru. The average Bonchev–Trinajstić information content (AvgIpc) is 3.26. The molecule has 0 aromatic heterocycles. The van der Waals surface area contributed by atoms with E-state index < -0.39 is 23.1 Å². The van der Waals surface area contributed by atoms with Crippen LogP contribution in [0.5, 0.6) is 0 Å². The molecule has 11 heteroatoms. The maximum Gasteiger partial charge on any atom is 2.00 e. The molecule has 0 saturated heterocycles. The van der Waals surface area contributed by atoms with E-state index in [4.69, 9.17) is 11.5 Å². The summed E-state index contributed by atoms with van der Waals surface area (Å²) < 4.78 is 39.0. The number of rotatable bonds is 7. The van der Waals surface area contributed by atoms with Crippen LogP contribution < -0.4 is 55.7 Å². The van der Waals surface area contributed by atoms with Gasteiger partial charge in [0.1, 0.15) is 0 Å². The van der Waals surface area contributed by atoms with Crippen molar-refractivity contribution in [3.8, 4) is 11.1 Å². The van der Waals surface area contributed by atoms with Gasteiger partial charge in [-0.05, 0) is 93.2 Å². The van der Waals surface area contributed by atoms with E-state index in [0.717, 1.165) is 12.8 Å². The van der Waals surface area contributed by atoms with Crippen molar-refractivity contribution in [2.45, 2.75) is 37.8 Å². The van der Waals surface area contributed by atoms with Crippen LogP contribution in [0.4, 0.5) is 17.3 Å². The van der Waals surface area contributed by atoms with Crippen molar-refractivity contribution in [3.05, 3.63) is 194 Å². The fourth-order valence-corrected chi connectivity index (χ4v) is 12.7. The summed E-state index contributed by atoms with van der Waals surface area (Å²) in [6.45, 7) is 0. The summed E-state index contributed by atoms with van der Waals surface area (Å²) in [4.78, 5) is 0.